The standard InChI is InChI=1S/C26H26N6O3/c1-16(2)34-24-15-27-14-23(30-24)31-25-21(13-29-32(25)3)22-11-8-19(12-28-22)17-6-9-20(10-7-17)35-26(33)18-4-5-18/h6-16,18H,4-5H2,1-3H3,(H,30,31). The summed E-state index contributed by atoms with van der Waals surface area (Å²) in [6.45, 7) is 3.88. The summed E-state index contributed by atoms with van der Waals surface area (Å²) in [5.41, 5.74) is 3.54. The Hall–Kier alpha value is -4.27. The van der Waals surface area contributed by atoms with Crippen LogP contribution in [0.3, 0.4) is 0 Å². The SMILES string of the molecule is CC(C)Oc1cncc(Nc2c(-c3ccc(-c4ccc(OC(=O)C5CC5)cc4)cn3)cnn2C)n1. The van der Waals surface area contributed by atoms with Crippen molar-refractivity contribution < 1.29 is 14.3 Å². The fourth-order valence-electron chi connectivity index (χ4n) is 3.56. The monoisotopic (exact) mass is 470 g/mol. The van der Waals surface area contributed by atoms with E-state index in [1.807, 2.05) is 63.5 Å². The molecule has 9 nitrogen and oxygen atoms in total. The highest BCUT2D eigenvalue weighted by Gasteiger charge is 2.31. The van der Waals surface area contributed by atoms with Crippen molar-refractivity contribution >= 4 is 17.6 Å². The van der Waals surface area contributed by atoms with Gasteiger partial charge in [-0.25, -0.2) is 0 Å². The summed E-state index contributed by atoms with van der Waals surface area (Å²) in [6, 6.07) is 11.4. The van der Waals surface area contributed by atoms with Gasteiger partial charge in [0.15, 0.2) is 5.82 Å². The lowest BCUT2D eigenvalue weighted by Crippen LogP contribution is -2.09. The average molecular weight is 471 g/mol. The lowest BCUT2D eigenvalue weighted by atomic mass is 10.1. The number of nitrogens with one attached hydrogen (secondary N) is 1. The number of carbonyl (C=O) groups is 1. The normalized spacial score (nSPS) is 13.0. The Morgan fingerprint density at radius 2 is 1.80 bits per heavy atom. The van der Waals surface area contributed by atoms with E-state index in [-0.39, 0.29) is 18.0 Å². The van der Waals surface area contributed by atoms with Crippen LogP contribution >= 0.6 is 0 Å². The van der Waals surface area contributed by atoms with Gasteiger partial charge in [0, 0.05) is 18.8 Å². The molecule has 1 aromatic carbocycles. The molecule has 1 N–H and O–H groups in total. The minimum Gasteiger partial charge on any atom is -0.474 e. The molecular formula is C26H26N6O3. The second-order valence-electron chi connectivity index (χ2n) is 8.72. The minimum absolute atomic E-state index is 0.00323. The van der Waals surface area contributed by atoms with E-state index in [2.05, 4.69) is 25.4 Å². The van der Waals surface area contributed by atoms with Crippen molar-refractivity contribution in [1.29, 1.82) is 0 Å². The van der Waals surface area contributed by atoms with E-state index < -0.39 is 0 Å². The summed E-state index contributed by atoms with van der Waals surface area (Å²) >= 11 is 0. The molecule has 4 aromatic rings. The van der Waals surface area contributed by atoms with Gasteiger partial charge in [-0.15, -0.1) is 0 Å². The van der Waals surface area contributed by atoms with Gasteiger partial charge >= 0.3 is 5.97 Å². The molecule has 0 unspecified atom stereocenters. The molecule has 0 spiro atoms. The molecule has 3 heterocycles. The van der Waals surface area contributed by atoms with Crippen molar-refractivity contribution in [1.82, 2.24) is 24.7 Å². The summed E-state index contributed by atoms with van der Waals surface area (Å²) in [5, 5.41) is 7.66. The Balaban J connectivity index is 1.32. The molecule has 0 bridgehead atoms. The van der Waals surface area contributed by atoms with Gasteiger partial charge in [-0.05, 0) is 50.5 Å². The maximum absolute atomic E-state index is 11.8. The van der Waals surface area contributed by atoms with Gasteiger partial charge in [0.25, 0.3) is 0 Å². The lowest BCUT2D eigenvalue weighted by molar-refractivity contribution is -0.135. The van der Waals surface area contributed by atoms with Crippen molar-refractivity contribution in [2.24, 2.45) is 13.0 Å². The number of esters is 1. The third-order valence-corrected chi connectivity index (χ3v) is 5.51. The second-order valence-corrected chi connectivity index (χ2v) is 8.72. The zero-order valence-corrected chi connectivity index (χ0v) is 19.8. The second kappa shape index (κ2) is 9.54. The topological polar surface area (TPSA) is 104 Å². The van der Waals surface area contributed by atoms with Crippen LogP contribution in [-0.4, -0.2) is 36.8 Å². The quantitative estimate of drug-likeness (QED) is 0.290. The van der Waals surface area contributed by atoms with Crippen molar-refractivity contribution in [3.8, 4) is 34.0 Å². The van der Waals surface area contributed by atoms with Crippen LogP contribution in [-0.2, 0) is 11.8 Å². The van der Waals surface area contributed by atoms with Crippen molar-refractivity contribution in [3.05, 3.63) is 61.2 Å². The van der Waals surface area contributed by atoms with E-state index in [0.29, 0.717) is 17.4 Å². The summed E-state index contributed by atoms with van der Waals surface area (Å²) in [5.74, 6) is 2.23. The number of nitrogens with zero attached hydrogens (tertiary/aromatic N) is 5. The molecule has 1 aliphatic rings. The van der Waals surface area contributed by atoms with E-state index in [1.165, 1.54) is 0 Å². The first-order chi connectivity index (χ1) is 17.0. The van der Waals surface area contributed by atoms with Crippen LogP contribution in [0.5, 0.6) is 11.6 Å². The molecule has 35 heavy (non-hydrogen) atoms. The molecule has 1 aliphatic carbocycles. The molecule has 1 saturated carbocycles. The maximum atomic E-state index is 11.8. The first-order valence-corrected chi connectivity index (χ1v) is 11.5. The summed E-state index contributed by atoms with van der Waals surface area (Å²) < 4.78 is 12.8. The largest absolute Gasteiger partial charge is 0.474 e. The van der Waals surface area contributed by atoms with Crippen LogP contribution < -0.4 is 14.8 Å². The van der Waals surface area contributed by atoms with Gasteiger partial charge in [0.1, 0.15) is 11.6 Å². The summed E-state index contributed by atoms with van der Waals surface area (Å²) in [7, 11) is 1.85. The minimum atomic E-state index is -0.144. The molecule has 0 radical (unpaired) electrons. The van der Waals surface area contributed by atoms with Crippen LogP contribution in [0.15, 0.2) is 61.2 Å². The van der Waals surface area contributed by atoms with Crippen LogP contribution in [0.25, 0.3) is 22.4 Å². The Morgan fingerprint density at radius 1 is 1.03 bits per heavy atom. The van der Waals surface area contributed by atoms with Crippen LogP contribution in [0.2, 0.25) is 0 Å². The van der Waals surface area contributed by atoms with Crippen molar-refractivity contribution in [3.63, 3.8) is 0 Å². The average Bonchev–Trinajstić information content (AvgIpc) is 3.64. The van der Waals surface area contributed by atoms with Crippen LogP contribution in [0, 0.1) is 5.92 Å². The molecule has 0 atom stereocenters. The van der Waals surface area contributed by atoms with Gasteiger partial charge in [-0.1, -0.05) is 18.2 Å². The Kier molecular flexibility index (Phi) is 6.13. The number of aryl methyl sites for hydroxylation is 1. The van der Waals surface area contributed by atoms with E-state index in [1.54, 1.807) is 23.3 Å². The number of hydrogen-bond acceptors (Lipinski definition) is 8. The molecule has 1 fully saturated rings. The number of benzene rings is 1. The molecular weight excluding hydrogens is 444 g/mol. The Labute approximate surface area is 203 Å². The first-order valence-electron chi connectivity index (χ1n) is 11.5. The van der Waals surface area contributed by atoms with Gasteiger partial charge < -0.3 is 14.8 Å². The fourth-order valence-corrected chi connectivity index (χ4v) is 3.56. The zero-order valence-electron chi connectivity index (χ0n) is 19.8. The molecule has 0 aliphatic heterocycles. The molecule has 9 heteroatoms. The van der Waals surface area contributed by atoms with E-state index in [4.69, 9.17) is 9.47 Å². The maximum Gasteiger partial charge on any atom is 0.314 e. The van der Waals surface area contributed by atoms with Gasteiger partial charge in [-0.3, -0.25) is 19.4 Å². The predicted octanol–water partition coefficient (Wildman–Crippen LogP) is 4.79. The zero-order chi connectivity index (χ0) is 24.4. The van der Waals surface area contributed by atoms with Gasteiger partial charge in [-0.2, -0.15) is 10.1 Å². The smallest absolute Gasteiger partial charge is 0.314 e. The van der Waals surface area contributed by atoms with Gasteiger partial charge in [0.05, 0.1) is 41.9 Å². The van der Waals surface area contributed by atoms with E-state index in [0.717, 1.165) is 41.0 Å². The summed E-state index contributed by atoms with van der Waals surface area (Å²) in [4.78, 5) is 25.2. The molecule has 0 saturated heterocycles. The molecule has 3 aromatic heterocycles. The fraction of sp³-hybridized carbons (Fsp3) is 0.269. The van der Waals surface area contributed by atoms with Crippen LogP contribution in [0.1, 0.15) is 26.7 Å². The first kappa shape index (κ1) is 22.5. The van der Waals surface area contributed by atoms with Gasteiger partial charge in [0.2, 0.25) is 5.88 Å². The highest BCUT2D eigenvalue weighted by atomic mass is 16.5. The Bertz CT molecular complexity index is 1330. The van der Waals surface area contributed by atoms with Crippen molar-refractivity contribution in [2.45, 2.75) is 32.8 Å². The van der Waals surface area contributed by atoms with E-state index >= 15 is 0 Å². The lowest BCUT2D eigenvalue weighted by Gasteiger charge is -2.12. The summed E-state index contributed by atoms with van der Waals surface area (Å²) in [6.07, 6.45) is 8.64. The number of anilines is 2. The Morgan fingerprint density at radius 3 is 2.49 bits per heavy atom. The number of rotatable bonds is 8. The predicted molar refractivity (Wildman–Crippen MR) is 131 cm³/mol. The third-order valence-electron chi connectivity index (χ3n) is 5.51. The third kappa shape index (κ3) is 5.29. The number of pyridine rings is 1. The number of carbonyl (C=O) groups excluding carboxylic acids is 1. The molecule has 0 amide bonds. The highest BCUT2D eigenvalue weighted by molar-refractivity contribution is 5.78. The highest BCUT2D eigenvalue weighted by Crippen LogP contribution is 2.32. The number of ether oxygens (including phenoxy) is 2. The van der Waals surface area contributed by atoms with Crippen LogP contribution in [0.4, 0.5) is 11.6 Å². The number of hydrogen-bond donors (Lipinski definition) is 1. The number of aromatic nitrogens is 5. The molecule has 178 valence electrons. The van der Waals surface area contributed by atoms with E-state index in [9.17, 15) is 4.79 Å². The molecule has 5 rings (SSSR count). The van der Waals surface area contributed by atoms with Crippen molar-refractivity contribution in [2.75, 3.05) is 5.32 Å².